The predicted molar refractivity (Wildman–Crippen MR) is 115 cm³/mol. The van der Waals surface area contributed by atoms with Crippen molar-refractivity contribution in [2.45, 2.75) is 0 Å². The van der Waals surface area contributed by atoms with E-state index in [2.05, 4.69) is 15.6 Å². The molecule has 28 heavy (non-hydrogen) atoms. The molecule has 0 aliphatic carbocycles. The van der Waals surface area contributed by atoms with Crippen molar-refractivity contribution in [3.8, 4) is 21.8 Å². The van der Waals surface area contributed by atoms with Crippen molar-refractivity contribution in [1.82, 2.24) is 9.97 Å². The maximum atomic E-state index is 12.2. The number of benzene rings is 2. The van der Waals surface area contributed by atoms with Crippen LogP contribution >= 0.6 is 22.9 Å². The Morgan fingerprint density at radius 1 is 0.893 bits per heavy atom. The third kappa shape index (κ3) is 4.36. The van der Waals surface area contributed by atoms with Crippen LogP contribution in [0.1, 0.15) is 0 Å². The number of thiazole rings is 1. The topological polar surface area (TPSA) is 66.9 Å². The lowest BCUT2D eigenvalue weighted by molar-refractivity contribution is 0.262. The number of nitrogens with one attached hydrogen (secondary N) is 2. The summed E-state index contributed by atoms with van der Waals surface area (Å²) in [5, 5.41) is 9.08. The summed E-state index contributed by atoms with van der Waals surface area (Å²) < 4.78 is 0. The zero-order valence-corrected chi connectivity index (χ0v) is 16.2. The van der Waals surface area contributed by atoms with Gasteiger partial charge in [-0.1, -0.05) is 29.8 Å². The van der Waals surface area contributed by atoms with Crippen LogP contribution in [-0.4, -0.2) is 16.0 Å². The van der Waals surface area contributed by atoms with Gasteiger partial charge in [-0.25, -0.2) is 9.78 Å². The molecule has 0 saturated carbocycles. The number of anilines is 2. The predicted octanol–water partition coefficient (Wildman–Crippen LogP) is 6.17. The summed E-state index contributed by atoms with van der Waals surface area (Å²) in [6.45, 7) is 0. The zero-order chi connectivity index (χ0) is 19.3. The average molecular weight is 407 g/mol. The molecule has 2 aromatic carbocycles. The van der Waals surface area contributed by atoms with E-state index in [9.17, 15) is 4.79 Å². The molecule has 5 nitrogen and oxygen atoms in total. The summed E-state index contributed by atoms with van der Waals surface area (Å²) in [5.41, 5.74) is 4.12. The Labute approximate surface area is 171 Å². The molecule has 138 valence electrons. The molecule has 0 spiro atoms. The van der Waals surface area contributed by atoms with Crippen molar-refractivity contribution in [2.24, 2.45) is 0 Å². The number of carbonyl (C=O) groups excluding carboxylic acids is 1. The summed E-state index contributed by atoms with van der Waals surface area (Å²) in [5.74, 6) is 0. The first-order valence-corrected chi connectivity index (χ1v) is 9.73. The van der Waals surface area contributed by atoms with E-state index in [1.54, 1.807) is 48.0 Å². The third-order valence-electron chi connectivity index (χ3n) is 3.93. The highest BCUT2D eigenvalue weighted by Crippen LogP contribution is 2.29. The molecule has 0 unspecified atom stereocenters. The molecule has 2 heterocycles. The van der Waals surface area contributed by atoms with Crippen LogP contribution in [0, 0.1) is 0 Å². The molecule has 0 saturated heterocycles. The molecule has 7 heteroatoms. The first-order chi connectivity index (χ1) is 13.7. The maximum absolute atomic E-state index is 12.2. The summed E-state index contributed by atoms with van der Waals surface area (Å²) in [6.07, 6.45) is 3.50. The third-order valence-corrected chi connectivity index (χ3v) is 5.06. The van der Waals surface area contributed by atoms with Crippen molar-refractivity contribution in [2.75, 3.05) is 10.6 Å². The first kappa shape index (κ1) is 18.2. The van der Waals surface area contributed by atoms with Gasteiger partial charge in [0.25, 0.3) is 0 Å². The second kappa shape index (κ2) is 8.21. The number of halogens is 1. The van der Waals surface area contributed by atoms with Gasteiger partial charge in [0.05, 0.1) is 5.69 Å². The highest BCUT2D eigenvalue weighted by Gasteiger charge is 2.09. The molecule has 2 N–H and O–H groups in total. The van der Waals surface area contributed by atoms with Gasteiger partial charge in [0, 0.05) is 45.3 Å². The lowest BCUT2D eigenvalue weighted by atomic mass is 10.1. The fourth-order valence-electron chi connectivity index (χ4n) is 2.65. The lowest BCUT2D eigenvalue weighted by Gasteiger charge is -2.09. The van der Waals surface area contributed by atoms with Crippen LogP contribution in [0.5, 0.6) is 0 Å². The molecule has 0 bridgehead atoms. The standard InChI is InChI=1S/C21H15ClN4OS/c22-16-4-2-6-18(12-16)25-21(27)24-17-5-1-3-15(11-17)19-13-28-20(26-19)14-7-9-23-10-8-14/h1-13H,(H2,24,25,27). The number of nitrogens with zero attached hydrogens (tertiary/aromatic N) is 2. The van der Waals surface area contributed by atoms with Gasteiger partial charge in [-0.05, 0) is 42.5 Å². The Hall–Kier alpha value is -3.22. The molecule has 4 rings (SSSR count). The van der Waals surface area contributed by atoms with Crippen LogP contribution in [0.2, 0.25) is 5.02 Å². The molecule has 0 aliphatic rings. The van der Waals surface area contributed by atoms with Crippen molar-refractivity contribution in [3.63, 3.8) is 0 Å². The largest absolute Gasteiger partial charge is 0.323 e. The van der Waals surface area contributed by atoms with E-state index in [1.807, 2.05) is 41.8 Å². The first-order valence-electron chi connectivity index (χ1n) is 8.47. The fraction of sp³-hybridized carbons (Fsp3) is 0. The lowest BCUT2D eigenvalue weighted by Crippen LogP contribution is -2.19. The van der Waals surface area contributed by atoms with E-state index in [-0.39, 0.29) is 6.03 Å². The van der Waals surface area contributed by atoms with E-state index in [1.165, 1.54) is 0 Å². The van der Waals surface area contributed by atoms with E-state index in [0.717, 1.165) is 21.8 Å². The van der Waals surface area contributed by atoms with Gasteiger partial charge in [-0.15, -0.1) is 11.3 Å². The minimum Gasteiger partial charge on any atom is -0.308 e. The van der Waals surface area contributed by atoms with Gasteiger partial charge in [0.15, 0.2) is 0 Å². The SMILES string of the molecule is O=C(Nc1cccc(Cl)c1)Nc1cccc(-c2csc(-c3ccncc3)n2)c1. The van der Waals surface area contributed by atoms with Gasteiger partial charge in [-0.2, -0.15) is 0 Å². The molecule has 0 fully saturated rings. The van der Waals surface area contributed by atoms with E-state index in [0.29, 0.717) is 16.4 Å². The molecule has 4 aromatic rings. The highest BCUT2D eigenvalue weighted by molar-refractivity contribution is 7.13. The van der Waals surface area contributed by atoms with Crippen LogP contribution in [-0.2, 0) is 0 Å². The molecule has 2 amide bonds. The number of hydrogen-bond donors (Lipinski definition) is 2. The number of carbonyl (C=O) groups is 1. The summed E-state index contributed by atoms with van der Waals surface area (Å²) >= 11 is 7.51. The van der Waals surface area contributed by atoms with Crippen LogP contribution < -0.4 is 10.6 Å². The fourth-order valence-corrected chi connectivity index (χ4v) is 3.67. The normalized spacial score (nSPS) is 10.5. The maximum Gasteiger partial charge on any atom is 0.323 e. The van der Waals surface area contributed by atoms with Gasteiger partial charge >= 0.3 is 6.03 Å². The van der Waals surface area contributed by atoms with Crippen LogP contribution in [0.15, 0.2) is 78.4 Å². The van der Waals surface area contributed by atoms with Gasteiger partial charge < -0.3 is 10.6 Å². The molecule has 2 aromatic heterocycles. The monoisotopic (exact) mass is 406 g/mol. The Morgan fingerprint density at radius 3 is 2.36 bits per heavy atom. The minimum absolute atomic E-state index is 0.338. The molecule has 0 atom stereocenters. The molecule has 0 aliphatic heterocycles. The molecule has 0 radical (unpaired) electrons. The van der Waals surface area contributed by atoms with Crippen LogP contribution in [0.4, 0.5) is 16.2 Å². The van der Waals surface area contributed by atoms with E-state index >= 15 is 0 Å². The van der Waals surface area contributed by atoms with Crippen molar-refractivity contribution in [1.29, 1.82) is 0 Å². The Kier molecular flexibility index (Phi) is 5.32. The second-order valence-corrected chi connectivity index (χ2v) is 7.24. The second-order valence-electron chi connectivity index (χ2n) is 5.94. The van der Waals surface area contributed by atoms with Gasteiger partial charge in [0.2, 0.25) is 0 Å². The van der Waals surface area contributed by atoms with Crippen molar-refractivity contribution in [3.05, 3.63) is 83.5 Å². The average Bonchev–Trinajstić information content (AvgIpc) is 3.19. The number of rotatable bonds is 4. The highest BCUT2D eigenvalue weighted by atomic mass is 35.5. The zero-order valence-electron chi connectivity index (χ0n) is 14.6. The molecular formula is C21H15ClN4OS. The Balaban J connectivity index is 1.49. The van der Waals surface area contributed by atoms with Crippen LogP contribution in [0.3, 0.4) is 0 Å². The van der Waals surface area contributed by atoms with Crippen LogP contribution in [0.25, 0.3) is 21.8 Å². The van der Waals surface area contributed by atoms with Crippen molar-refractivity contribution >= 4 is 40.3 Å². The summed E-state index contributed by atoms with van der Waals surface area (Å²) in [6, 6.07) is 18.1. The quantitative estimate of drug-likeness (QED) is 0.426. The van der Waals surface area contributed by atoms with E-state index < -0.39 is 0 Å². The van der Waals surface area contributed by atoms with E-state index in [4.69, 9.17) is 16.6 Å². The minimum atomic E-state index is -0.338. The summed E-state index contributed by atoms with van der Waals surface area (Å²) in [4.78, 5) is 21.0. The summed E-state index contributed by atoms with van der Waals surface area (Å²) in [7, 11) is 0. The number of aromatic nitrogens is 2. The smallest absolute Gasteiger partial charge is 0.308 e. The van der Waals surface area contributed by atoms with Gasteiger partial charge in [-0.3, -0.25) is 4.98 Å². The Bertz CT molecular complexity index is 1110. The van der Waals surface area contributed by atoms with Crippen molar-refractivity contribution < 1.29 is 4.79 Å². The number of pyridine rings is 1. The Morgan fingerprint density at radius 2 is 1.61 bits per heavy atom. The molecular weight excluding hydrogens is 392 g/mol. The number of amides is 2. The number of urea groups is 1. The number of hydrogen-bond acceptors (Lipinski definition) is 4. The van der Waals surface area contributed by atoms with Gasteiger partial charge in [0.1, 0.15) is 5.01 Å².